The molecule has 7 heteroatoms. The lowest BCUT2D eigenvalue weighted by molar-refractivity contribution is -0.0127. The van der Waals surface area contributed by atoms with E-state index in [9.17, 15) is 9.59 Å². The molecule has 5 rings (SSSR count). The van der Waals surface area contributed by atoms with E-state index in [0.717, 1.165) is 37.0 Å². The topological polar surface area (TPSA) is 79.3 Å². The first kappa shape index (κ1) is 17.4. The van der Waals surface area contributed by atoms with Crippen LogP contribution < -0.4 is 10.6 Å². The van der Waals surface area contributed by atoms with E-state index >= 15 is 0 Å². The Morgan fingerprint density at radius 2 is 1.77 bits per heavy atom. The van der Waals surface area contributed by atoms with E-state index in [0.29, 0.717) is 17.9 Å². The highest BCUT2D eigenvalue weighted by Crippen LogP contribution is 2.55. The van der Waals surface area contributed by atoms with Gasteiger partial charge in [-0.2, -0.15) is 5.10 Å². The number of rotatable bonds is 4. The average molecular weight is 359 g/mol. The molecule has 7 nitrogen and oxygen atoms in total. The first-order chi connectivity index (χ1) is 12.4. The molecular formula is C19H29N5O2. The molecule has 2 N–H and O–H groups in total. The third-order valence-corrected chi connectivity index (χ3v) is 6.41. The molecule has 26 heavy (non-hydrogen) atoms. The molecule has 1 heterocycles. The molecule has 0 saturated heterocycles. The summed E-state index contributed by atoms with van der Waals surface area (Å²) in [6.45, 7) is 2.51. The highest BCUT2D eigenvalue weighted by atomic mass is 16.2. The number of urea groups is 1. The molecule has 4 aliphatic carbocycles. The van der Waals surface area contributed by atoms with Crippen molar-refractivity contribution in [2.24, 2.45) is 17.8 Å². The van der Waals surface area contributed by atoms with E-state index in [1.807, 2.05) is 6.92 Å². The summed E-state index contributed by atoms with van der Waals surface area (Å²) in [5, 5.41) is 10.4. The second-order valence-electron chi connectivity index (χ2n) is 8.70. The minimum absolute atomic E-state index is 0.0503. The molecule has 0 atom stereocenters. The second-order valence-corrected chi connectivity index (χ2v) is 8.70. The van der Waals surface area contributed by atoms with Gasteiger partial charge >= 0.3 is 6.03 Å². The first-order valence-corrected chi connectivity index (χ1v) is 9.75. The normalized spacial score (nSPS) is 31.7. The number of nitrogens with one attached hydrogen (secondary N) is 2. The number of amides is 3. The lowest BCUT2D eigenvalue weighted by atomic mass is 9.53. The van der Waals surface area contributed by atoms with Crippen LogP contribution in [0.2, 0.25) is 0 Å². The van der Waals surface area contributed by atoms with Crippen molar-refractivity contribution in [1.29, 1.82) is 0 Å². The Balaban J connectivity index is 1.49. The maximum absolute atomic E-state index is 12.8. The number of aromatic nitrogens is 2. The molecule has 1 aromatic rings. The Morgan fingerprint density at radius 1 is 1.19 bits per heavy atom. The van der Waals surface area contributed by atoms with Crippen LogP contribution >= 0.6 is 0 Å². The van der Waals surface area contributed by atoms with Crippen LogP contribution in [-0.2, 0) is 6.54 Å². The molecule has 0 spiro atoms. The van der Waals surface area contributed by atoms with Gasteiger partial charge in [0.15, 0.2) is 0 Å². The molecule has 0 aromatic carbocycles. The third kappa shape index (κ3) is 2.97. The first-order valence-electron chi connectivity index (χ1n) is 9.75. The maximum Gasteiger partial charge on any atom is 0.319 e. The highest BCUT2D eigenvalue weighted by molar-refractivity contribution is 6.02. The van der Waals surface area contributed by atoms with Gasteiger partial charge in [-0.15, -0.1) is 0 Å². The van der Waals surface area contributed by atoms with Gasteiger partial charge < -0.3 is 15.5 Å². The van der Waals surface area contributed by atoms with Gasteiger partial charge in [-0.25, -0.2) is 4.79 Å². The quantitative estimate of drug-likeness (QED) is 0.867. The van der Waals surface area contributed by atoms with Crippen molar-refractivity contribution in [3.63, 3.8) is 0 Å². The maximum atomic E-state index is 12.8. The van der Waals surface area contributed by atoms with E-state index < -0.39 is 0 Å². The summed E-state index contributed by atoms with van der Waals surface area (Å²) >= 11 is 0. The minimum atomic E-state index is -0.213. The van der Waals surface area contributed by atoms with Crippen molar-refractivity contribution in [2.45, 2.75) is 57.5 Å². The lowest BCUT2D eigenvalue weighted by Gasteiger charge is -2.56. The van der Waals surface area contributed by atoms with Gasteiger partial charge in [-0.05, 0) is 63.2 Å². The fourth-order valence-electron chi connectivity index (χ4n) is 5.81. The van der Waals surface area contributed by atoms with Crippen LogP contribution in [0.25, 0.3) is 0 Å². The van der Waals surface area contributed by atoms with E-state index in [2.05, 4.69) is 15.7 Å². The number of anilines is 1. The van der Waals surface area contributed by atoms with Crippen molar-refractivity contribution in [2.75, 3.05) is 19.4 Å². The van der Waals surface area contributed by atoms with Crippen LogP contribution in [0.3, 0.4) is 0 Å². The summed E-state index contributed by atoms with van der Waals surface area (Å²) in [5.41, 5.74) is 0.858. The number of hydrogen-bond acceptors (Lipinski definition) is 3. The molecule has 0 aliphatic heterocycles. The summed E-state index contributed by atoms with van der Waals surface area (Å²) in [4.78, 5) is 26.8. The molecule has 142 valence electrons. The van der Waals surface area contributed by atoms with Gasteiger partial charge in [0, 0.05) is 26.2 Å². The van der Waals surface area contributed by atoms with Gasteiger partial charge in [-0.1, -0.05) is 0 Å². The lowest BCUT2D eigenvalue weighted by Crippen LogP contribution is -2.60. The predicted octanol–water partition coefficient (Wildman–Crippen LogP) is 2.70. The van der Waals surface area contributed by atoms with E-state index in [-0.39, 0.29) is 17.5 Å². The van der Waals surface area contributed by atoms with Crippen LogP contribution in [-0.4, -0.2) is 46.3 Å². The number of aryl methyl sites for hydroxylation is 1. The average Bonchev–Trinajstić information content (AvgIpc) is 2.94. The minimum Gasteiger partial charge on any atom is -0.343 e. The Hall–Kier alpha value is -2.05. The van der Waals surface area contributed by atoms with E-state index in [1.165, 1.54) is 24.2 Å². The van der Waals surface area contributed by atoms with Crippen molar-refractivity contribution >= 4 is 17.6 Å². The Kier molecular flexibility index (Phi) is 4.20. The van der Waals surface area contributed by atoms with Crippen LogP contribution in [0.4, 0.5) is 10.5 Å². The molecule has 0 unspecified atom stereocenters. The van der Waals surface area contributed by atoms with Gasteiger partial charge in [0.25, 0.3) is 5.91 Å². The number of nitrogens with zero attached hydrogens (tertiary/aromatic N) is 3. The van der Waals surface area contributed by atoms with Crippen LogP contribution in [0.5, 0.6) is 0 Å². The zero-order valence-electron chi connectivity index (χ0n) is 15.9. The molecule has 0 radical (unpaired) electrons. The zero-order valence-corrected chi connectivity index (χ0v) is 15.9. The molecule has 4 bridgehead atoms. The standard InChI is InChI=1S/C19H29N5O2/c1-4-24-16(17(25)23(2)3)15(11-20-24)21-18(26)22-19-8-12-5-13(9-19)7-14(6-12)10-19/h11-14H,4-10H2,1-3H3,(H2,21,22,26). The monoisotopic (exact) mass is 359 g/mol. The van der Waals surface area contributed by atoms with Gasteiger partial charge in [0.05, 0.1) is 11.9 Å². The summed E-state index contributed by atoms with van der Waals surface area (Å²) < 4.78 is 1.63. The predicted molar refractivity (Wildman–Crippen MR) is 99.0 cm³/mol. The summed E-state index contributed by atoms with van der Waals surface area (Å²) in [6.07, 6.45) is 8.89. The van der Waals surface area contributed by atoms with E-state index in [1.54, 1.807) is 25.0 Å². The SMILES string of the molecule is CCn1ncc(NC(=O)NC23CC4CC(CC(C4)C2)C3)c1C(=O)N(C)C. The van der Waals surface area contributed by atoms with Crippen molar-refractivity contribution in [3.05, 3.63) is 11.9 Å². The highest BCUT2D eigenvalue weighted by Gasteiger charge is 2.51. The largest absolute Gasteiger partial charge is 0.343 e. The number of carbonyl (C=O) groups excluding carboxylic acids is 2. The van der Waals surface area contributed by atoms with Gasteiger partial charge in [0.1, 0.15) is 5.69 Å². The number of carbonyl (C=O) groups is 2. The van der Waals surface area contributed by atoms with Gasteiger partial charge in [0.2, 0.25) is 0 Å². The fourth-order valence-corrected chi connectivity index (χ4v) is 5.81. The smallest absolute Gasteiger partial charge is 0.319 e. The summed E-state index contributed by atoms with van der Waals surface area (Å²) in [6, 6.07) is -0.213. The number of hydrogen-bond donors (Lipinski definition) is 2. The summed E-state index contributed by atoms with van der Waals surface area (Å²) in [5.74, 6) is 2.16. The molecule has 1 aromatic heterocycles. The molecule has 4 saturated carbocycles. The van der Waals surface area contributed by atoms with Crippen LogP contribution in [0.15, 0.2) is 6.20 Å². The van der Waals surface area contributed by atoms with Crippen molar-refractivity contribution in [1.82, 2.24) is 20.0 Å². The van der Waals surface area contributed by atoms with E-state index in [4.69, 9.17) is 0 Å². The van der Waals surface area contributed by atoms with Crippen LogP contribution in [0.1, 0.15) is 55.9 Å². The molecule has 4 aliphatic rings. The van der Waals surface area contributed by atoms with Crippen LogP contribution in [0, 0.1) is 17.8 Å². The molecular weight excluding hydrogens is 330 g/mol. The van der Waals surface area contributed by atoms with Gasteiger partial charge in [-0.3, -0.25) is 9.48 Å². The Bertz CT molecular complexity index is 688. The third-order valence-electron chi connectivity index (χ3n) is 6.41. The zero-order chi connectivity index (χ0) is 18.5. The second kappa shape index (κ2) is 6.28. The fraction of sp³-hybridized carbons (Fsp3) is 0.737. The molecule has 4 fully saturated rings. The van der Waals surface area contributed by atoms with Crippen molar-refractivity contribution in [3.8, 4) is 0 Å². The Morgan fingerprint density at radius 3 is 2.27 bits per heavy atom. The Labute approximate surface area is 154 Å². The molecule has 3 amide bonds. The summed E-state index contributed by atoms with van der Waals surface area (Å²) in [7, 11) is 3.41. The van der Waals surface area contributed by atoms with Crippen molar-refractivity contribution < 1.29 is 9.59 Å².